The molecule has 0 aromatic heterocycles. The van der Waals surface area contributed by atoms with Crippen molar-refractivity contribution in [2.45, 2.75) is 96.7 Å². The number of hydrogen-bond acceptors (Lipinski definition) is 4. The first-order chi connectivity index (χ1) is 10.5. The Hall–Kier alpha value is -1.14. The van der Waals surface area contributed by atoms with Gasteiger partial charge in [0.25, 0.3) is 5.91 Å². The average Bonchev–Trinajstić information content (AvgIpc) is 2.37. The van der Waals surface area contributed by atoms with Gasteiger partial charge in [0.15, 0.2) is 5.60 Å². The van der Waals surface area contributed by atoms with Crippen LogP contribution in [0.2, 0.25) is 0 Å². The molecular formula is C18H33N3O3. The van der Waals surface area contributed by atoms with E-state index in [1.807, 2.05) is 62.3 Å². The summed E-state index contributed by atoms with van der Waals surface area (Å²) in [7, 11) is 0. The van der Waals surface area contributed by atoms with Crippen molar-refractivity contribution >= 4 is 11.8 Å². The Morgan fingerprint density at radius 3 is 2.08 bits per heavy atom. The van der Waals surface area contributed by atoms with Crippen LogP contribution >= 0.6 is 0 Å². The molecular weight excluding hydrogens is 306 g/mol. The van der Waals surface area contributed by atoms with Gasteiger partial charge in [-0.3, -0.25) is 9.59 Å². The zero-order valence-electron chi connectivity index (χ0n) is 16.5. The topological polar surface area (TPSA) is 84.7 Å². The molecule has 2 saturated heterocycles. The third-order valence-corrected chi connectivity index (χ3v) is 5.04. The summed E-state index contributed by atoms with van der Waals surface area (Å²) in [5.41, 5.74) is 2.25. The monoisotopic (exact) mass is 339 g/mol. The van der Waals surface area contributed by atoms with Crippen LogP contribution in [0.1, 0.15) is 68.7 Å². The molecule has 24 heavy (non-hydrogen) atoms. The number of nitrogens with zero attached hydrogens (tertiary/aromatic N) is 1. The lowest BCUT2D eigenvalue weighted by atomic mass is 9.64. The van der Waals surface area contributed by atoms with Gasteiger partial charge in [0.05, 0.1) is 5.92 Å². The van der Waals surface area contributed by atoms with Gasteiger partial charge in [-0.05, 0) is 62.3 Å². The molecule has 2 aliphatic heterocycles. The molecule has 0 aliphatic carbocycles. The Balaban J connectivity index is 2.68. The van der Waals surface area contributed by atoms with E-state index in [1.165, 1.54) is 0 Å². The number of nitrogens with one attached hydrogen (secondary N) is 1. The molecule has 2 atom stereocenters. The molecule has 2 amide bonds. The van der Waals surface area contributed by atoms with Crippen molar-refractivity contribution in [3.63, 3.8) is 0 Å². The van der Waals surface area contributed by atoms with Crippen LogP contribution in [0, 0.1) is 5.92 Å². The fourth-order valence-corrected chi connectivity index (χ4v) is 5.29. The van der Waals surface area contributed by atoms with E-state index in [4.69, 9.17) is 10.5 Å². The van der Waals surface area contributed by atoms with Crippen LogP contribution in [0.5, 0.6) is 0 Å². The summed E-state index contributed by atoms with van der Waals surface area (Å²) in [6, 6.07) is 0. The van der Waals surface area contributed by atoms with Crippen LogP contribution in [-0.4, -0.2) is 44.7 Å². The minimum absolute atomic E-state index is 0.147. The molecule has 0 aromatic carbocycles. The molecule has 2 rings (SSSR count). The largest absolute Gasteiger partial charge is 0.369 e. The van der Waals surface area contributed by atoms with Gasteiger partial charge in [-0.25, -0.2) is 0 Å². The first kappa shape index (κ1) is 19.2. The van der Waals surface area contributed by atoms with Gasteiger partial charge in [0.1, 0.15) is 5.72 Å². The van der Waals surface area contributed by atoms with Gasteiger partial charge >= 0.3 is 0 Å². The van der Waals surface area contributed by atoms with Gasteiger partial charge < -0.3 is 20.7 Å². The van der Waals surface area contributed by atoms with Crippen molar-refractivity contribution in [3.05, 3.63) is 0 Å². The second kappa shape index (κ2) is 4.94. The van der Waals surface area contributed by atoms with Gasteiger partial charge in [0, 0.05) is 23.0 Å². The summed E-state index contributed by atoms with van der Waals surface area (Å²) in [6.45, 7) is 17.6. The second-order valence-electron chi connectivity index (χ2n) is 9.99. The lowest BCUT2D eigenvalue weighted by molar-refractivity contribution is -0.188. The molecule has 2 fully saturated rings. The number of primary amides is 1. The van der Waals surface area contributed by atoms with Crippen LogP contribution in [0.25, 0.3) is 0 Å². The van der Waals surface area contributed by atoms with Crippen LogP contribution in [0.3, 0.4) is 0 Å². The molecule has 1 spiro atoms. The third-order valence-electron chi connectivity index (χ3n) is 5.04. The molecule has 2 aliphatic rings. The maximum atomic E-state index is 13.6. The van der Waals surface area contributed by atoms with E-state index in [2.05, 4.69) is 5.32 Å². The van der Waals surface area contributed by atoms with E-state index in [0.29, 0.717) is 6.42 Å². The predicted molar refractivity (Wildman–Crippen MR) is 93.1 cm³/mol. The Morgan fingerprint density at radius 2 is 1.71 bits per heavy atom. The van der Waals surface area contributed by atoms with E-state index in [1.54, 1.807) is 4.90 Å². The molecule has 3 N–H and O–H groups in total. The van der Waals surface area contributed by atoms with E-state index >= 15 is 0 Å². The van der Waals surface area contributed by atoms with Crippen LogP contribution < -0.4 is 11.1 Å². The maximum Gasteiger partial charge on any atom is 0.258 e. The highest BCUT2D eigenvalue weighted by atomic mass is 16.6. The number of amides is 2. The zero-order valence-corrected chi connectivity index (χ0v) is 16.5. The molecule has 0 saturated carbocycles. The lowest BCUT2D eigenvalue weighted by Gasteiger charge is -2.54. The van der Waals surface area contributed by atoms with E-state index in [0.717, 1.165) is 0 Å². The molecule has 2 unspecified atom stereocenters. The number of piperidine rings is 1. The molecule has 0 aromatic rings. The first-order valence-corrected chi connectivity index (χ1v) is 8.60. The Morgan fingerprint density at radius 1 is 1.21 bits per heavy atom. The molecule has 6 nitrogen and oxygen atoms in total. The van der Waals surface area contributed by atoms with Gasteiger partial charge in [-0.1, -0.05) is 0 Å². The quantitative estimate of drug-likeness (QED) is 0.762. The minimum Gasteiger partial charge on any atom is -0.369 e. The highest BCUT2D eigenvalue weighted by Gasteiger charge is 2.70. The summed E-state index contributed by atoms with van der Waals surface area (Å²) in [6.07, 6.45) is 0.395. The van der Waals surface area contributed by atoms with Crippen molar-refractivity contribution in [1.29, 1.82) is 0 Å². The lowest BCUT2D eigenvalue weighted by Crippen LogP contribution is -2.74. The number of hydrogen-bond donors (Lipinski definition) is 2. The van der Waals surface area contributed by atoms with Crippen LogP contribution in [0.4, 0.5) is 0 Å². The Labute approximate surface area is 145 Å². The SMILES string of the molecule is CC1(C)CC2(OC(C)(C)N(C(C)(C)C)C2=O)C(C(N)=O)C(C)(C)N1. The molecule has 6 heteroatoms. The minimum atomic E-state index is -1.25. The Bertz CT molecular complexity index is 575. The highest BCUT2D eigenvalue weighted by Crippen LogP contribution is 2.52. The van der Waals surface area contributed by atoms with Crippen molar-refractivity contribution < 1.29 is 14.3 Å². The van der Waals surface area contributed by atoms with Gasteiger partial charge in [-0.2, -0.15) is 0 Å². The summed E-state index contributed by atoms with van der Waals surface area (Å²) >= 11 is 0. The average molecular weight is 339 g/mol. The number of ether oxygens (including phenoxy) is 1. The fourth-order valence-electron chi connectivity index (χ4n) is 5.29. The summed E-state index contributed by atoms with van der Waals surface area (Å²) in [5, 5.41) is 3.46. The highest BCUT2D eigenvalue weighted by molar-refractivity contribution is 5.95. The smallest absolute Gasteiger partial charge is 0.258 e. The summed E-state index contributed by atoms with van der Waals surface area (Å²) < 4.78 is 6.41. The van der Waals surface area contributed by atoms with Crippen LogP contribution in [-0.2, 0) is 14.3 Å². The van der Waals surface area contributed by atoms with Crippen LogP contribution in [0.15, 0.2) is 0 Å². The van der Waals surface area contributed by atoms with Gasteiger partial charge in [0.2, 0.25) is 5.91 Å². The van der Waals surface area contributed by atoms with Gasteiger partial charge in [-0.15, -0.1) is 0 Å². The molecule has 0 bridgehead atoms. The number of rotatable bonds is 1. The molecule has 0 radical (unpaired) electrons. The summed E-state index contributed by atoms with van der Waals surface area (Å²) in [4.78, 5) is 27.7. The van der Waals surface area contributed by atoms with E-state index < -0.39 is 34.2 Å². The van der Waals surface area contributed by atoms with Crippen molar-refractivity contribution in [1.82, 2.24) is 10.2 Å². The normalized spacial score (nSPS) is 34.6. The third kappa shape index (κ3) is 2.73. The number of nitrogens with two attached hydrogens (primary N) is 1. The van der Waals surface area contributed by atoms with Crippen molar-refractivity contribution in [2.24, 2.45) is 11.7 Å². The van der Waals surface area contributed by atoms with E-state index in [-0.39, 0.29) is 11.4 Å². The van der Waals surface area contributed by atoms with Crippen molar-refractivity contribution in [2.75, 3.05) is 0 Å². The first-order valence-electron chi connectivity index (χ1n) is 8.60. The molecule has 138 valence electrons. The standard InChI is InChI=1S/C18H33N3O3/c1-14(2,3)21-13(23)18(24-17(21,8)9)10-15(4,5)20-16(6,7)11(18)12(19)22/h11,20H,10H2,1-9H3,(H2,19,22). The summed E-state index contributed by atoms with van der Waals surface area (Å²) in [5.74, 6) is -1.41. The Kier molecular flexibility index (Phi) is 3.95. The second-order valence-corrected chi connectivity index (χ2v) is 9.99. The predicted octanol–water partition coefficient (Wildman–Crippen LogP) is 1.77. The zero-order chi connectivity index (χ0) is 18.9. The van der Waals surface area contributed by atoms with Crippen molar-refractivity contribution in [3.8, 4) is 0 Å². The number of carbonyl (C=O) groups excluding carboxylic acids is 2. The van der Waals surface area contributed by atoms with E-state index in [9.17, 15) is 9.59 Å². The molecule has 2 heterocycles. The fraction of sp³-hybridized carbons (Fsp3) is 0.889. The number of carbonyl (C=O) groups is 2. The maximum absolute atomic E-state index is 13.6.